The summed E-state index contributed by atoms with van der Waals surface area (Å²) in [5.74, 6) is -0.135. The number of hydrogen-bond acceptors (Lipinski definition) is 4. The van der Waals surface area contributed by atoms with Crippen LogP contribution in [0.25, 0.3) is 0 Å². The van der Waals surface area contributed by atoms with Gasteiger partial charge in [0.15, 0.2) is 0 Å². The number of benzene rings is 1. The Morgan fingerprint density at radius 2 is 1.94 bits per heavy atom. The molecule has 18 heavy (non-hydrogen) atoms. The van der Waals surface area contributed by atoms with Crippen molar-refractivity contribution in [1.29, 1.82) is 0 Å². The molecule has 100 valence electrons. The van der Waals surface area contributed by atoms with Crippen molar-refractivity contribution < 1.29 is 9.53 Å². The van der Waals surface area contributed by atoms with Crippen molar-refractivity contribution in [1.82, 2.24) is 0 Å². The quantitative estimate of drug-likeness (QED) is 0.758. The van der Waals surface area contributed by atoms with Gasteiger partial charge in [0, 0.05) is 5.69 Å². The molecule has 0 spiro atoms. The summed E-state index contributed by atoms with van der Waals surface area (Å²) in [4.78, 5) is 11.7. The third-order valence-corrected chi connectivity index (χ3v) is 2.77. The summed E-state index contributed by atoms with van der Waals surface area (Å²) in [6.45, 7) is 6.18. The maximum Gasteiger partial charge on any atom is 0.325 e. The number of rotatable bonds is 6. The number of ether oxygens (including phenoxy) is 1. The minimum Gasteiger partial charge on any atom is -0.465 e. The topological polar surface area (TPSA) is 64.3 Å². The summed E-state index contributed by atoms with van der Waals surface area (Å²) in [5, 5.41) is 3.29. The molecular formula is C14H22N2O2. The van der Waals surface area contributed by atoms with Crippen LogP contribution in [0.2, 0.25) is 0 Å². The highest BCUT2D eigenvalue weighted by Gasteiger charge is 2.28. The molecule has 3 N–H and O–H groups in total. The molecule has 1 aromatic rings. The van der Waals surface area contributed by atoms with E-state index in [-0.39, 0.29) is 17.9 Å². The minimum atomic E-state index is -0.662. The predicted octanol–water partition coefficient (Wildman–Crippen LogP) is 2.01. The van der Waals surface area contributed by atoms with Gasteiger partial charge in [0.2, 0.25) is 0 Å². The molecule has 1 rings (SSSR count). The summed E-state index contributed by atoms with van der Waals surface area (Å²) in [5.41, 5.74) is 6.91. The zero-order valence-electron chi connectivity index (χ0n) is 11.2. The number of esters is 1. The Hall–Kier alpha value is -1.55. The van der Waals surface area contributed by atoms with E-state index in [1.54, 1.807) is 6.92 Å². The van der Waals surface area contributed by atoms with Gasteiger partial charge in [-0.3, -0.25) is 4.79 Å². The first-order valence-corrected chi connectivity index (χ1v) is 6.30. The average molecular weight is 250 g/mol. The molecular weight excluding hydrogens is 228 g/mol. The zero-order valence-corrected chi connectivity index (χ0v) is 11.2. The van der Waals surface area contributed by atoms with Crippen LogP contribution in [-0.4, -0.2) is 24.7 Å². The molecule has 0 aliphatic carbocycles. The van der Waals surface area contributed by atoms with Crippen molar-refractivity contribution >= 4 is 11.7 Å². The Kier molecular flexibility index (Phi) is 5.65. The standard InChI is InChI=1S/C14H22N2O2/c1-4-18-14(17)12(15)13(10(2)3)16-11-8-6-5-7-9-11/h5-10,12-13,16H,4,15H2,1-3H3. The monoisotopic (exact) mass is 250 g/mol. The molecule has 2 atom stereocenters. The third kappa shape index (κ3) is 4.04. The average Bonchev–Trinajstić information content (AvgIpc) is 2.36. The number of carbonyl (C=O) groups excluding carboxylic acids is 1. The number of anilines is 1. The Morgan fingerprint density at radius 1 is 1.33 bits per heavy atom. The van der Waals surface area contributed by atoms with Crippen LogP contribution in [-0.2, 0) is 9.53 Å². The molecule has 0 saturated carbocycles. The number of para-hydroxylation sites is 1. The fourth-order valence-electron chi connectivity index (χ4n) is 1.78. The molecule has 0 saturated heterocycles. The van der Waals surface area contributed by atoms with Gasteiger partial charge < -0.3 is 15.8 Å². The van der Waals surface area contributed by atoms with Crippen molar-refractivity contribution in [2.75, 3.05) is 11.9 Å². The molecule has 4 nitrogen and oxygen atoms in total. The lowest BCUT2D eigenvalue weighted by molar-refractivity contribution is -0.145. The van der Waals surface area contributed by atoms with Crippen molar-refractivity contribution in [3.05, 3.63) is 30.3 Å². The molecule has 0 fully saturated rings. The van der Waals surface area contributed by atoms with Crippen LogP contribution < -0.4 is 11.1 Å². The Balaban J connectivity index is 2.74. The molecule has 1 aromatic carbocycles. The highest BCUT2D eigenvalue weighted by molar-refractivity contribution is 5.77. The van der Waals surface area contributed by atoms with Gasteiger partial charge in [-0.25, -0.2) is 0 Å². The van der Waals surface area contributed by atoms with Crippen LogP contribution in [0.1, 0.15) is 20.8 Å². The van der Waals surface area contributed by atoms with Gasteiger partial charge >= 0.3 is 5.97 Å². The summed E-state index contributed by atoms with van der Waals surface area (Å²) >= 11 is 0. The third-order valence-electron chi connectivity index (χ3n) is 2.77. The lowest BCUT2D eigenvalue weighted by atomic mass is 9.96. The Morgan fingerprint density at radius 3 is 2.44 bits per heavy atom. The number of carbonyl (C=O) groups is 1. The van der Waals surface area contributed by atoms with Gasteiger partial charge in [-0.05, 0) is 25.0 Å². The molecule has 4 heteroatoms. The normalized spacial score (nSPS) is 14.1. The van der Waals surface area contributed by atoms with E-state index in [0.29, 0.717) is 6.61 Å². The number of nitrogens with one attached hydrogen (secondary N) is 1. The van der Waals surface area contributed by atoms with Crippen molar-refractivity contribution in [2.24, 2.45) is 11.7 Å². The SMILES string of the molecule is CCOC(=O)C(N)C(Nc1ccccc1)C(C)C. The molecule has 2 unspecified atom stereocenters. The minimum absolute atomic E-state index is 0.147. The number of nitrogens with two attached hydrogens (primary N) is 1. The highest BCUT2D eigenvalue weighted by Crippen LogP contribution is 2.15. The first-order valence-electron chi connectivity index (χ1n) is 6.30. The van der Waals surface area contributed by atoms with E-state index in [0.717, 1.165) is 5.69 Å². The van der Waals surface area contributed by atoms with Gasteiger partial charge in [-0.2, -0.15) is 0 Å². The van der Waals surface area contributed by atoms with Gasteiger partial charge in [0.05, 0.1) is 12.6 Å². The van der Waals surface area contributed by atoms with E-state index in [4.69, 9.17) is 10.5 Å². The fraction of sp³-hybridized carbons (Fsp3) is 0.500. The summed E-state index contributed by atoms with van der Waals surface area (Å²) in [6, 6.07) is 8.92. The molecule has 0 bridgehead atoms. The number of hydrogen-bond donors (Lipinski definition) is 2. The van der Waals surface area contributed by atoms with Gasteiger partial charge in [0.1, 0.15) is 6.04 Å². The van der Waals surface area contributed by atoms with E-state index in [1.807, 2.05) is 44.2 Å². The second-order valence-corrected chi connectivity index (χ2v) is 4.56. The largest absolute Gasteiger partial charge is 0.465 e. The van der Waals surface area contributed by atoms with Crippen LogP contribution in [0, 0.1) is 5.92 Å². The van der Waals surface area contributed by atoms with Gasteiger partial charge in [-0.1, -0.05) is 32.0 Å². The van der Waals surface area contributed by atoms with Crippen molar-refractivity contribution in [2.45, 2.75) is 32.9 Å². The Labute approximate surface area is 109 Å². The van der Waals surface area contributed by atoms with E-state index in [2.05, 4.69) is 5.32 Å². The van der Waals surface area contributed by atoms with Crippen LogP contribution in [0.15, 0.2) is 30.3 Å². The van der Waals surface area contributed by atoms with Crippen LogP contribution in [0.3, 0.4) is 0 Å². The van der Waals surface area contributed by atoms with E-state index in [9.17, 15) is 4.79 Å². The second-order valence-electron chi connectivity index (χ2n) is 4.56. The molecule has 0 aliphatic rings. The predicted molar refractivity (Wildman–Crippen MR) is 73.3 cm³/mol. The maximum absolute atomic E-state index is 11.7. The lowest BCUT2D eigenvalue weighted by Gasteiger charge is -2.27. The van der Waals surface area contributed by atoms with E-state index >= 15 is 0 Å². The summed E-state index contributed by atoms with van der Waals surface area (Å²) in [7, 11) is 0. The molecule has 0 amide bonds. The maximum atomic E-state index is 11.7. The first kappa shape index (κ1) is 14.5. The van der Waals surface area contributed by atoms with E-state index in [1.165, 1.54) is 0 Å². The smallest absolute Gasteiger partial charge is 0.325 e. The molecule has 0 aromatic heterocycles. The molecule has 0 heterocycles. The van der Waals surface area contributed by atoms with Crippen molar-refractivity contribution in [3.63, 3.8) is 0 Å². The second kappa shape index (κ2) is 7.01. The lowest BCUT2D eigenvalue weighted by Crippen LogP contribution is -2.49. The fourth-order valence-corrected chi connectivity index (χ4v) is 1.78. The van der Waals surface area contributed by atoms with Crippen LogP contribution >= 0.6 is 0 Å². The molecule has 0 aliphatic heterocycles. The zero-order chi connectivity index (χ0) is 13.5. The molecule has 0 radical (unpaired) electrons. The van der Waals surface area contributed by atoms with Crippen molar-refractivity contribution in [3.8, 4) is 0 Å². The summed E-state index contributed by atoms with van der Waals surface area (Å²) in [6.07, 6.45) is 0. The van der Waals surface area contributed by atoms with Crippen LogP contribution in [0.5, 0.6) is 0 Å². The van der Waals surface area contributed by atoms with Gasteiger partial charge in [0.25, 0.3) is 0 Å². The Bertz CT molecular complexity index is 365. The summed E-state index contributed by atoms with van der Waals surface area (Å²) < 4.78 is 4.97. The van der Waals surface area contributed by atoms with Crippen LogP contribution in [0.4, 0.5) is 5.69 Å². The highest BCUT2D eigenvalue weighted by atomic mass is 16.5. The first-order chi connectivity index (χ1) is 8.56. The van der Waals surface area contributed by atoms with Gasteiger partial charge in [-0.15, -0.1) is 0 Å². The van der Waals surface area contributed by atoms with E-state index < -0.39 is 6.04 Å².